The number of carbonyl (C=O) groups excluding carboxylic acids is 2. The Balaban J connectivity index is 1.51. The van der Waals surface area contributed by atoms with Crippen LogP contribution in [-0.4, -0.2) is 36.8 Å². The normalized spacial score (nSPS) is 13.3. The highest BCUT2D eigenvalue weighted by Gasteiger charge is 2.35. The zero-order valence-electron chi connectivity index (χ0n) is 23.6. The van der Waals surface area contributed by atoms with Gasteiger partial charge in [0.25, 0.3) is 21.8 Å². The van der Waals surface area contributed by atoms with Gasteiger partial charge in [0, 0.05) is 40.5 Å². The minimum absolute atomic E-state index is 0.0104. The van der Waals surface area contributed by atoms with Crippen LogP contribution in [0.5, 0.6) is 0 Å². The second kappa shape index (κ2) is 11.5. The van der Waals surface area contributed by atoms with E-state index in [1.54, 1.807) is 62.0 Å². The molecule has 0 saturated heterocycles. The summed E-state index contributed by atoms with van der Waals surface area (Å²) in [4.78, 5) is 31.7. The maximum absolute atomic E-state index is 13.6. The monoisotopic (exact) mass is 660 g/mol. The van der Waals surface area contributed by atoms with E-state index in [1.807, 2.05) is 17.6 Å². The molecule has 2 N–H and O–H groups in total. The van der Waals surface area contributed by atoms with Crippen LogP contribution in [0.2, 0.25) is 0 Å². The van der Waals surface area contributed by atoms with Crippen molar-refractivity contribution in [2.75, 3.05) is 7.05 Å². The van der Waals surface area contributed by atoms with Gasteiger partial charge in [-0.15, -0.1) is 0 Å². The quantitative estimate of drug-likeness (QED) is 0.201. The molecule has 6 rings (SSSR count). The molecule has 2 aliphatic carbocycles. The summed E-state index contributed by atoms with van der Waals surface area (Å²) in [6.07, 6.45) is 5.82. The second-order valence-electron chi connectivity index (χ2n) is 10.4. The van der Waals surface area contributed by atoms with Crippen LogP contribution < -0.4 is 10.0 Å². The van der Waals surface area contributed by atoms with Crippen LogP contribution in [0.4, 0.5) is 0 Å². The summed E-state index contributed by atoms with van der Waals surface area (Å²) in [5.74, 6) is 0.0893. The van der Waals surface area contributed by atoms with E-state index in [4.69, 9.17) is 9.40 Å². The third kappa shape index (κ3) is 5.27. The van der Waals surface area contributed by atoms with Gasteiger partial charge in [0.15, 0.2) is 0 Å². The molecule has 0 spiro atoms. The molecule has 2 heterocycles. The summed E-state index contributed by atoms with van der Waals surface area (Å²) in [5.41, 5.74) is 5.25. The van der Waals surface area contributed by atoms with E-state index in [1.165, 1.54) is 12.1 Å². The van der Waals surface area contributed by atoms with Gasteiger partial charge < -0.3 is 14.3 Å². The van der Waals surface area contributed by atoms with Crippen LogP contribution in [0.3, 0.4) is 0 Å². The van der Waals surface area contributed by atoms with E-state index in [0.717, 1.165) is 41.1 Å². The van der Waals surface area contributed by atoms with Gasteiger partial charge in [-0.05, 0) is 69.7 Å². The fourth-order valence-corrected chi connectivity index (χ4v) is 7.25. The van der Waals surface area contributed by atoms with Crippen molar-refractivity contribution in [1.82, 2.24) is 19.6 Å². The van der Waals surface area contributed by atoms with Gasteiger partial charge in [0.05, 0.1) is 29.7 Å². The van der Waals surface area contributed by atoms with Crippen molar-refractivity contribution < 1.29 is 22.4 Å². The summed E-state index contributed by atoms with van der Waals surface area (Å²) in [6, 6.07) is 16.5. The number of carbonyl (C=O) groups is 2. The fraction of sp³-hybridized carbons (Fsp3) is 0.219. The van der Waals surface area contributed by atoms with Gasteiger partial charge in [-0.3, -0.25) is 9.59 Å². The lowest BCUT2D eigenvalue weighted by molar-refractivity contribution is 0.0950. The predicted octanol–water partition coefficient (Wildman–Crippen LogP) is 5.98. The molecule has 1 aromatic heterocycles. The molecule has 2 aromatic carbocycles. The highest BCUT2D eigenvalue weighted by molar-refractivity contribution is 9.10. The molecule has 0 unspecified atom stereocenters. The van der Waals surface area contributed by atoms with Gasteiger partial charge in [0.2, 0.25) is 0 Å². The van der Waals surface area contributed by atoms with Crippen LogP contribution >= 0.6 is 15.9 Å². The van der Waals surface area contributed by atoms with Crippen molar-refractivity contribution in [2.45, 2.75) is 43.5 Å². The first-order valence-corrected chi connectivity index (χ1v) is 16.2. The SMILES string of the molecule is CCc1nc(C2CC2)c(C(=O)NC)n1Cc1c2ccocc-2c(Br)c1-c1ccccc1C(=O)NS(=O)(=O)c1ccccc1. The Kier molecular flexibility index (Phi) is 7.70. The standard InChI is InChI=1S/C32H29BrN4O5S/c1-3-26-35-29(19-13-14-19)30(32(39)34-2)37(26)17-24-21-15-16-42-18-25(21)28(33)27(24)22-11-7-8-12-23(22)31(38)36-43(40,41)20-9-5-4-6-10-20/h4-12,15-16,18-19H,3,13-14,17H2,1-2H3,(H,34,39)(H,36,38). The molecule has 3 aromatic rings. The molecule has 1 aliphatic heterocycles. The molecule has 0 bridgehead atoms. The molecule has 1 saturated carbocycles. The largest absolute Gasteiger partial charge is 0.472 e. The van der Waals surface area contributed by atoms with Gasteiger partial charge in [0.1, 0.15) is 11.5 Å². The first-order valence-electron chi connectivity index (χ1n) is 13.9. The van der Waals surface area contributed by atoms with Gasteiger partial charge in [-0.25, -0.2) is 18.1 Å². The van der Waals surface area contributed by atoms with E-state index >= 15 is 0 Å². The number of imidazole rings is 1. The van der Waals surface area contributed by atoms with Gasteiger partial charge >= 0.3 is 0 Å². The maximum Gasteiger partial charge on any atom is 0.269 e. The summed E-state index contributed by atoms with van der Waals surface area (Å²) >= 11 is 3.76. The maximum atomic E-state index is 13.6. The highest BCUT2D eigenvalue weighted by atomic mass is 79.9. The Morgan fingerprint density at radius 2 is 1.72 bits per heavy atom. The highest BCUT2D eigenvalue weighted by Crippen LogP contribution is 2.48. The molecular formula is C32H29BrN4O5S. The molecule has 2 amide bonds. The van der Waals surface area contributed by atoms with Crippen LogP contribution in [0.1, 0.15) is 63.6 Å². The molecule has 3 aliphatic rings. The lowest BCUT2D eigenvalue weighted by Crippen LogP contribution is -2.31. The molecular weight excluding hydrogens is 632 g/mol. The number of hydrogen-bond donors (Lipinski definition) is 2. The number of amides is 2. The van der Waals surface area contributed by atoms with E-state index in [2.05, 4.69) is 26.0 Å². The molecule has 9 nitrogen and oxygen atoms in total. The lowest BCUT2D eigenvalue weighted by Gasteiger charge is -2.16. The van der Waals surface area contributed by atoms with E-state index in [0.29, 0.717) is 34.3 Å². The minimum Gasteiger partial charge on any atom is -0.472 e. The third-order valence-electron chi connectivity index (χ3n) is 7.71. The minimum atomic E-state index is -4.11. The molecule has 11 heteroatoms. The van der Waals surface area contributed by atoms with E-state index in [9.17, 15) is 18.0 Å². The summed E-state index contributed by atoms with van der Waals surface area (Å²) in [5, 5.41) is 2.78. The van der Waals surface area contributed by atoms with Crippen molar-refractivity contribution in [3.8, 4) is 22.3 Å². The Morgan fingerprint density at radius 1 is 1.00 bits per heavy atom. The van der Waals surface area contributed by atoms with Crippen molar-refractivity contribution in [1.29, 1.82) is 0 Å². The number of aryl methyl sites for hydroxylation is 1. The smallest absolute Gasteiger partial charge is 0.269 e. The molecule has 0 radical (unpaired) electrons. The molecule has 0 atom stereocenters. The lowest BCUT2D eigenvalue weighted by atomic mass is 9.97. The summed E-state index contributed by atoms with van der Waals surface area (Å²) in [6.45, 7) is 2.31. The number of sulfonamides is 1. The number of halogens is 1. The number of benzene rings is 2. The van der Waals surface area contributed by atoms with E-state index in [-0.39, 0.29) is 22.3 Å². The number of hydrogen-bond acceptors (Lipinski definition) is 6. The average Bonchev–Trinajstić information content (AvgIpc) is 3.75. The van der Waals surface area contributed by atoms with Crippen LogP contribution in [-0.2, 0) is 23.0 Å². The van der Waals surface area contributed by atoms with E-state index < -0.39 is 15.9 Å². The number of fused-ring (bicyclic) bond motifs is 1. The fourth-order valence-electron chi connectivity index (χ4n) is 5.50. The number of nitrogens with zero attached hydrogens (tertiary/aromatic N) is 2. The molecule has 43 heavy (non-hydrogen) atoms. The third-order valence-corrected chi connectivity index (χ3v) is 9.88. The van der Waals surface area contributed by atoms with Crippen LogP contribution in [0.25, 0.3) is 22.3 Å². The Labute approximate surface area is 257 Å². The van der Waals surface area contributed by atoms with Crippen LogP contribution in [0, 0.1) is 0 Å². The zero-order valence-corrected chi connectivity index (χ0v) is 26.0. The van der Waals surface area contributed by atoms with Crippen molar-refractivity contribution >= 4 is 37.8 Å². The Morgan fingerprint density at radius 3 is 2.42 bits per heavy atom. The van der Waals surface area contributed by atoms with Crippen molar-refractivity contribution in [3.05, 3.63) is 106 Å². The number of rotatable bonds is 9. The first-order chi connectivity index (χ1) is 20.7. The number of aromatic nitrogens is 2. The van der Waals surface area contributed by atoms with Gasteiger partial charge in [-0.1, -0.05) is 43.3 Å². The van der Waals surface area contributed by atoms with Crippen LogP contribution in [0.15, 0.2) is 87.0 Å². The Hall–Kier alpha value is -4.22. The summed E-state index contributed by atoms with van der Waals surface area (Å²) < 4.78 is 36.5. The Bertz CT molecular complexity index is 1930. The topological polar surface area (TPSA) is 123 Å². The average molecular weight is 662 g/mol. The number of nitrogens with one attached hydrogen (secondary N) is 2. The second-order valence-corrected chi connectivity index (χ2v) is 12.9. The first kappa shape index (κ1) is 28.9. The van der Waals surface area contributed by atoms with Crippen molar-refractivity contribution in [2.24, 2.45) is 0 Å². The van der Waals surface area contributed by atoms with Gasteiger partial charge in [-0.2, -0.15) is 0 Å². The molecule has 220 valence electrons. The zero-order chi connectivity index (χ0) is 30.3. The molecule has 1 fully saturated rings. The summed E-state index contributed by atoms with van der Waals surface area (Å²) in [7, 11) is -2.50. The predicted molar refractivity (Wildman–Crippen MR) is 166 cm³/mol. The van der Waals surface area contributed by atoms with Crippen molar-refractivity contribution in [3.63, 3.8) is 0 Å².